The smallest absolute Gasteiger partial charge is 0.271 e. The Labute approximate surface area is 107 Å². The van der Waals surface area contributed by atoms with E-state index in [1.54, 1.807) is 24.0 Å². The number of aryl methyl sites for hydroxylation is 1. The molecule has 19 heavy (non-hydrogen) atoms. The van der Waals surface area contributed by atoms with Gasteiger partial charge in [0.05, 0.1) is 17.0 Å². The topological polar surface area (TPSA) is 68.8 Å². The van der Waals surface area contributed by atoms with Crippen molar-refractivity contribution in [2.75, 3.05) is 0 Å². The molecule has 1 atom stereocenters. The van der Waals surface area contributed by atoms with Crippen molar-refractivity contribution in [2.45, 2.75) is 12.2 Å². The first-order chi connectivity index (χ1) is 8.93. The predicted molar refractivity (Wildman–Crippen MR) is 61.6 cm³/mol. The molecule has 102 valence electrons. The van der Waals surface area contributed by atoms with E-state index in [0.717, 1.165) is 12.3 Å². The van der Waals surface area contributed by atoms with Crippen molar-refractivity contribution in [3.05, 3.63) is 47.5 Å². The van der Waals surface area contributed by atoms with E-state index in [2.05, 4.69) is 15.5 Å². The molecule has 2 rings (SSSR count). The van der Waals surface area contributed by atoms with Crippen LogP contribution in [0.3, 0.4) is 0 Å². The van der Waals surface area contributed by atoms with E-state index < -0.39 is 17.8 Å². The number of rotatable bonds is 3. The molecule has 2 aromatic rings. The average Bonchev–Trinajstić information content (AvgIpc) is 2.76. The van der Waals surface area contributed by atoms with Gasteiger partial charge in [0.25, 0.3) is 0 Å². The minimum Gasteiger partial charge on any atom is -0.271 e. The second kappa shape index (κ2) is 4.98. The van der Waals surface area contributed by atoms with Crippen molar-refractivity contribution < 1.29 is 13.2 Å². The van der Waals surface area contributed by atoms with Crippen molar-refractivity contribution in [3.8, 4) is 0 Å². The SMILES string of the molecule is Cn1nccc1C(NN)c1ccc(C(F)(F)F)cn1. The van der Waals surface area contributed by atoms with Crippen LogP contribution in [0, 0.1) is 0 Å². The highest BCUT2D eigenvalue weighted by Crippen LogP contribution is 2.29. The Morgan fingerprint density at radius 3 is 2.47 bits per heavy atom. The molecule has 3 N–H and O–H groups in total. The van der Waals surface area contributed by atoms with Crippen LogP contribution < -0.4 is 11.3 Å². The quantitative estimate of drug-likeness (QED) is 0.654. The van der Waals surface area contributed by atoms with Crippen LogP contribution >= 0.6 is 0 Å². The largest absolute Gasteiger partial charge is 0.417 e. The number of pyridine rings is 1. The number of hydrazine groups is 1. The van der Waals surface area contributed by atoms with Crippen LogP contribution in [0.4, 0.5) is 13.2 Å². The summed E-state index contributed by atoms with van der Waals surface area (Å²) in [7, 11) is 1.71. The fourth-order valence-electron chi connectivity index (χ4n) is 1.73. The van der Waals surface area contributed by atoms with Crippen LogP contribution in [0.15, 0.2) is 30.6 Å². The Balaban J connectivity index is 2.33. The van der Waals surface area contributed by atoms with Gasteiger partial charge in [-0.25, -0.2) is 5.43 Å². The number of hydrogen-bond donors (Lipinski definition) is 2. The average molecular weight is 271 g/mol. The molecule has 5 nitrogen and oxygen atoms in total. The normalized spacial score (nSPS) is 13.5. The van der Waals surface area contributed by atoms with Crippen LogP contribution in [-0.4, -0.2) is 14.8 Å². The van der Waals surface area contributed by atoms with Crippen molar-refractivity contribution in [1.29, 1.82) is 0 Å². The Morgan fingerprint density at radius 2 is 2.05 bits per heavy atom. The maximum Gasteiger partial charge on any atom is 0.417 e. The maximum absolute atomic E-state index is 12.4. The van der Waals surface area contributed by atoms with Crippen molar-refractivity contribution in [3.63, 3.8) is 0 Å². The highest BCUT2D eigenvalue weighted by Gasteiger charge is 2.31. The summed E-state index contributed by atoms with van der Waals surface area (Å²) in [5, 5.41) is 3.98. The minimum atomic E-state index is -4.40. The standard InChI is InChI=1S/C11H12F3N5/c1-19-9(4-5-17-19)10(18-15)8-3-2-7(6-16-8)11(12,13)14/h2-6,10,18H,15H2,1H3. The molecule has 0 aromatic carbocycles. The first-order valence-corrected chi connectivity index (χ1v) is 5.40. The second-order valence-electron chi connectivity index (χ2n) is 3.95. The number of nitrogens with two attached hydrogens (primary N) is 1. The molecule has 0 aliphatic rings. The molecule has 0 saturated heterocycles. The van der Waals surface area contributed by atoms with Gasteiger partial charge in [-0.05, 0) is 18.2 Å². The highest BCUT2D eigenvalue weighted by atomic mass is 19.4. The summed E-state index contributed by atoms with van der Waals surface area (Å²) in [5.74, 6) is 5.44. The van der Waals surface area contributed by atoms with Gasteiger partial charge in [-0.2, -0.15) is 18.3 Å². The third-order valence-corrected chi connectivity index (χ3v) is 2.73. The summed E-state index contributed by atoms with van der Waals surface area (Å²) in [6.45, 7) is 0. The molecule has 0 bridgehead atoms. The van der Waals surface area contributed by atoms with Gasteiger partial charge >= 0.3 is 6.18 Å². The van der Waals surface area contributed by atoms with E-state index in [1.807, 2.05) is 0 Å². The zero-order valence-electron chi connectivity index (χ0n) is 10.0. The van der Waals surface area contributed by atoms with E-state index in [4.69, 9.17) is 5.84 Å². The van der Waals surface area contributed by atoms with E-state index in [-0.39, 0.29) is 0 Å². The summed E-state index contributed by atoms with van der Waals surface area (Å²) in [6.07, 6.45) is -2.04. The van der Waals surface area contributed by atoms with Crippen LogP contribution in [-0.2, 0) is 13.2 Å². The Kier molecular flexibility index (Phi) is 3.54. The number of nitrogens with zero attached hydrogens (tertiary/aromatic N) is 3. The summed E-state index contributed by atoms with van der Waals surface area (Å²) in [5.41, 5.74) is 2.81. The molecule has 0 fully saturated rings. The number of hydrogen-bond acceptors (Lipinski definition) is 4. The van der Waals surface area contributed by atoms with Crippen molar-refractivity contribution >= 4 is 0 Å². The van der Waals surface area contributed by atoms with E-state index in [1.165, 1.54) is 6.07 Å². The number of alkyl halides is 3. The van der Waals surface area contributed by atoms with Gasteiger partial charge in [-0.3, -0.25) is 15.5 Å². The molecule has 0 spiro atoms. The molecule has 0 radical (unpaired) electrons. The van der Waals surface area contributed by atoms with Gasteiger partial charge in [0.1, 0.15) is 6.04 Å². The first kappa shape index (κ1) is 13.5. The summed E-state index contributed by atoms with van der Waals surface area (Å²) in [4.78, 5) is 3.81. The monoisotopic (exact) mass is 271 g/mol. The molecule has 2 heterocycles. The van der Waals surface area contributed by atoms with Crippen molar-refractivity contribution in [1.82, 2.24) is 20.2 Å². The maximum atomic E-state index is 12.4. The fraction of sp³-hybridized carbons (Fsp3) is 0.273. The van der Waals surface area contributed by atoms with E-state index >= 15 is 0 Å². The van der Waals surface area contributed by atoms with Crippen molar-refractivity contribution in [2.24, 2.45) is 12.9 Å². The fourth-order valence-corrected chi connectivity index (χ4v) is 1.73. The molecular weight excluding hydrogens is 259 g/mol. The molecule has 0 saturated carbocycles. The number of aromatic nitrogens is 3. The Bertz CT molecular complexity index is 546. The third kappa shape index (κ3) is 2.74. The number of halogens is 3. The molecule has 0 aliphatic heterocycles. The zero-order valence-corrected chi connectivity index (χ0v) is 10.0. The predicted octanol–water partition coefficient (Wildman–Crippen LogP) is 1.39. The highest BCUT2D eigenvalue weighted by molar-refractivity contribution is 5.24. The lowest BCUT2D eigenvalue weighted by atomic mass is 10.1. The lowest BCUT2D eigenvalue weighted by Gasteiger charge is -2.16. The Hall–Kier alpha value is -1.93. The van der Waals surface area contributed by atoms with Crippen LogP contribution in [0.1, 0.15) is 23.0 Å². The number of nitrogens with one attached hydrogen (secondary N) is 1. The molecular formula is C11H12F3N5. The zero-order chi connectivity index (χ0) is 14.0. The molecule has 0 amide bonds. The minimum absolute atomic E-state index is 0.388. The lowest BCUT2D eigenvalue weighted by molar-refractivity contribution is -0.137. The van der Waals surface area contributed by atoms with Crippen LogP contribution in [0.5, 0.6) is 0 Å². The second-order valence-corrected chi connectivity index (χ2v) is 3.95. The Morgan fingerprint density at radius 1 is 1.32 bits per heavy atom. The molecule has 8 heteroatoms. The summed E-state index contributed by atoms with van der Waals surface area (Å²) >= 11 is 0. The van der Waals surface area contributed by atoms with Gasteiger partial charge in [-0.15, -0.1) is 0 Å². The molecule has 2 aromatic heterocycles. The van der Waals surface area contributed by atoms with Crippen LogP contribution in [0.2, 0.25) is 0 Å². The van der Waals surface area contributed by atoms with Crippen LogP contribution in [0.25, 0.3) is 0 Å². The summed E-state index contributed by atoms with van der Waals surface area (Å²) in [6, 6.07) is 3.46. The van der Waals surface area contributed by atoms with Gasteiger partial charge < -0.3 is 0 Å². The van der Waals surface area contributed by atoms with E-state index in [9.17, 15) is 13.2 Å². The van der Waals surface area contributed by atoms with Gasteiger partial charge in [0, 0.05) is 19.4 Å². The summed E-state index contributed by atoms with van der Waals surface area (Å²) < 4.78 is 38.9. The molecule has 0 aliphatic carbocycles. The van der Waals surface area contributed by atoms with E-state index in [0.29, 0.717) is 11.4 Å². The van der Waals surface area contributed by atoms with Gasteiger partial charge in [0.2, 0.25) is 0 Å². The van der Waals surface area contributed by atoms with Gasteiger partial charge in [0.15, 0.2) is 0 Å². The van der Waals surface area contributed by atoms with Gasteiger partial charge in [-0.1, -0.05) is 0 Å². The lowest BCUT2D eigenvalue weighted by Crippen LogP contribution is -2.31. The first-order valence-electron chi connectivity index (χ1n) is 5.40. The molecule has 1 unspecified atom stereocenters. The third-order valence-electron chi connectivity index (χ3n) is 2.73.